The van der Waals surface area contributed by atoms with Gasteiger partial charge in [-0.25, -0.2) is 4.39 Å². The summed E-state index contributed by atoms with van der Waals surface area (Å²) in [5.41, 5.74) is 2.26. The number of amides is 1. The summed E-state index contributed by atoms with van der Waals surface area (Å²) in [6.45, 7) is 2.73. The maximum absolute atomic E-state index is 13.0. The fourth-order valence-electron chi connectivity index (χ4n) is 3.10. The lowest BCUT2D eigenvalue weighted by molar-refractivity contribution is -0.119. The monoisotopic (exact) mass is 373 g/mol. The molecule has 0 radical (unpaired) electrons. The molecule has 1 aliphatic rings. The zero-order valence-electron chi connectivity index (χ0n) is 14.7. The molecular weight excluding hydrogens is 349 g/mol. The molecule has 1 N–H and O–H groups in total. The highest BCUT2D eigenvalue weighted by atomic mass is 32.2. The van der Waals surface area contributed by atoms with Crippen molar-refractivity contribution in [2.45, 2.75) is 31.2 Å². The van der Waals surface area contributed by atoms with E-state index in [1.54, 1.807) is 18.0 Å². The molecule has 0 saturated carbocycles. The number of carbonyl (C=O) groups is 1. The number of carbonyl (C=O) groups excluding carboxylic acids is 1. The van der Waals surface area contributed by atoms with Gasteiger partial charge in [-0.15, -0.1) is 11.8 Å². The van der Waals surface area contributed by atoms with Gasteiger partial charge in [-0.3, -0.25) is 14.7 Å². The average Bonchev–Trinajstić information content (AvgIpc) is 2.66. The van der Waals surface area contributed by atoms with Gasteiger partial charge in [-0.1, -0.05) is 18.2 Å². The third-order valence-corrected chi connectivity index (χ3v) is 5.50. The van der Waals surface area contributed by atoms with Crippen molar-refractivity contribution in [2.24, 2.45) is 0 Å². The van der Waals surface area contributed by atoms with Crippen LogP contribution in [0.25, 0.3) is 0 Å². The van der Waals surface area contributed by atoms with Crippen molar-refractivity contribution >= 4 is 17.7 Å². The summed E-state index contributed by atoms with van der Waals surface area (Å²) in [7, 11) is 0. The van der Waals surface area contributed by atoms with Gasteiger partial charge < -0.3 is 5.32 Å². The van der Waals surface area contributed by atoms with E-state index in [-0.39, 0.29) is 17.8 Å². The normalized spacial score (nSPS) is 15.7. The van der Waals surface area contributed by atoms with E-state index in [0.717, 1.165) is 49.4 Å². The number of nitrogens with one attached hydrogen (secondary N) is 1. The Morgan fingerprint density at radius 2 is 1.96 bits per heavy atom. The molecule has 0 bridgehead atoms. The smallest absolute Gasteiger partial charge is 0.230 e. The molecule has 2 heterocycles. The Balaban J connectivity index is 1.33. The number of piperidine rings is 1. The largest absolute Gasteiger partial charge is 0.353 e. The second-order valence-corrected chi connectivity index (χ2v) is 7.58. The van der Waals surface area contributed by atoms with Crippen LogP contribution in [0.4, 0.5) is 4.39 Å². The van der Waals surface area contributed by atoms with Crippen LogP contribution in [0.3, 0.4) is 0 Å². The molecule has 6 heteroatoms. The summed E-state index contributed by atoms with van der Waals surface area (Å²) >= 11 is 1.61. The van der Waals surface area contributed by atoms with Gasteiger partial charge >= 0.3 is 0 Å². The first kappa shape index (κ1) is 18.9. The number of halogens is 1. The molecule has 0 unspecified atom stereocenters. The third kappa shape index (κ3) is 6.11. The molecule has 1 amide bonds. The molecule has 1 aliphatic heterocycles. The number of pyridine rings is 1. The van der Waals surface area contributed by atoms with Crippen LogP contribution in [0.5, 0.6) is 0 Å². The van der Waals surface area contributed by atoms with E-state index in [2.05, 4.69) is 15.2 Å². The maximum atomic E-state index is 13.0. The highest BCUT2D eigenvalue weighted by Gasteiger charge is 2.20. The highest BCUT2D eigenvalue weighted by molar-refractivity contribution is 7.99. The lowest BCUT2D eigenvalue weighted by Crippen LogP contribution is -2.44. The van der Waals surface area contributed by atoms with Crippen LogP contribution < -0.4 is 5.32 Å². The number of benzene rings is 1. The Hall–Kier alpha value is -1.92. The van der Waals surface area contributed by atoms with Crippen molar-refractivity contribution in [3.8, 4) is 0 Å². The van der Waals surface area contributed by atoms with Crippen LogP contribution in [0.2, 0.25) is 0 Å². The Morgan fingerprint density at radius 3 is 2.65 bits per heavy atom. The van der Waals surface area contributed by atoms with Crippen molar-refractivity contribution in [2.75, 3.05) is 18.8 Å². The van der Waals surface area contributed by atoms with Gasteiger partial charge in [0.15, 0.2) is 0 Å². The summed E-state index contributed by atoms with van der Waals surface area (Å²) in [6, 6.07) is 10.9. The van der Waals surface area contributed by atoms with E-state index in [1.807, 2.05) is 30.5 Å². The molecule has 26 heavy (non-hydrogen) atoms. The SMILES string of the molecule is O=C(CSCc1cccnc1)NC1CCN(Cc2ccc(F)cc2)CC1. The van der Waals surface area contributed by atoms with Crippen molar-refractivity contribution in [1.29, 1.82) is 0 Å². The molecule has 1 fully saturated rings. The van der Waals surface area contributed by atoms with E-state index in [4.69, 9.17) is 0 Å². The van der Waals surface area contributed by atoms with Crippen LogP contribution in [0.15, 0.2) is 48.8 Å². The topological polar surface area (TPSA) is 45.2 Å². The number of hydrogen-bond donors (Lipinski definition) is 1. The molecule has 1 aromatic heterocycles. The Kier molecular flexibility index (Phi) is 7.03. The van der Waals surface area contributed by atoms with Crippen LogP contribution in [0, 0.1) is 5.82 Å². The fourth-order valence-corrected chi connectivity index (χ4v) is 3.88. The van der Waals surface area contributed by atoms with Crippen molar-refractivity contribution < 1.29 is 9.18 Å². The predicted octanol–water partition coefficient (Wildman–Crippen LogP) is 3.23. The minimum atomic E-state index is -0.198. The van der Waals surface area contributed by atoms with Gasteiger partial charge in [0.1, 0.15) is 5.82 Å². The maximum Gasteiger partial charge on any atom is 0.230 e. The molecule has 1 saturated heterocycles. The Morgan fingerprint density at radius 1 is 1.19 bits per heavy atom. The first-order chi connectivity index (χ1) is 12.7. The number of aromatic nitrogens is 1. The zero-order chi connectivity index (χ0) is 18.2. The van der Waals surface area contributed by atoms with Gasteiger partial charge in [-0.2, -0.15) is 0 Å². The highest BCUT2D eigenvalue weighted by Crippen LogP contribution is 2.15. The molecule has 0 spiro atoms. The molecular formula is C20H24FN3OS. The average molecular weight is 373 g/mol. The lowest BCUT2D eigenvalue weighted by Gasteiger charge is -2.32. The van der Waals surface area contributed by atoms with Crippen LogP contribution >= 0.6 is 11.8 Å². The first-order valence-electron chi connectivity index (χ1n) is 8.92. The second-order valence-electron chi connectivity index (χ2n) is 6.60. The molecule has 2 aromatic rings. The van der Waals surface area contributed by atoms with E-state index in [1.165, 1.54) is 12.1 Å². The van der Waals surface area contributed by atoms with Gasteiger partial charge in [-0.05, 0) is 42.2 Å². The first-order valence-corrected chi connectivity index (χ1v) is 10.1. The number of nitrogens with zero attached hydrogens (tertiary/aromatic N) is 2. The zero-order valence-corrected chi connectivity index (χ0v) is 15.6. The van der Waals surface area contributed by atoms with Gasteiger partial charge in [0.25, 0.3) is 0 Å². The van der Waals surface area contributed by atoms with Gasteiger partial charge in [0, 0.05) is 43.8 Å². The number of rotatable bonds is 7. The van der Waals surface area contributed by atoms with Crippen LogP contribution in [0.1, 0.15) is 24.0 Å². The molecule has 1 aromatic carbocycles. The van der Waals surface area contributed by atoms with Gasteiger partial charge in [0.2, 0.25) is 5.91 Å². The molecule has 3 rings (SSSR count). The lowest BCUT2D eigenvalue weighted by atomic mass is 10.0. The second kappa shape index (κ2) is 9.69. The third-order valence-electron chi connectivity index (χ3n) is 4.50. The van der Waals surface area contributed by atoms with Crippen molar-refractivity contribution in [3.05, 3.63) is 65.7 Å². The summed E-state index contributed by atoms with van der Waals surface area (Å²) in [5, 5.41) is 3.15. The van der Waals surface area contributed by atoms with Gasteiger partial charge in [0.05, 0.1) is 5.75 Å². The van der Waals surface area contributed by atoms with E-state index >= 15 is 0 Å². The van der Waals surface area contributed by atoms with Crippen molar-refractivity contribution in [1.82, 2.24) is 15.2 Å². The predicted molar refractivity (Wildman–Crippen MR) is 103 cm³/mol. The van der Waals surface area contributed by atoms with Crippen LogP contribution in [-0.4, -0.2) is 40.7 Å². The molecule has 0 aliphatic carbocycles. The van der Waals surface area contributed by atoms with E-state index in [9.17, 15) is 9.18 Å². The number of thioether (sulfide) groups is 1. The van der Waals surface area contributed by atoms with Crippen molar-refractivity contribution in [3.63, 3.8) is 0 Å². The minimum absolute atomic E-state index is 0.107. The van der Waals surface area contributed by atoms with Crippen LogP contribution in [-0.2, 0) is 17.1 Å². The number of likely N-dealkylation sites (tertiary alicyclic amines) is 1. The fraction of sp³-hybridized carbons (Fsp3) is 0.400. The summed E-state index contributed by atoms with van der Waals surface area (Å²) in [6.07, 6.45) is 5.51. The standard InChI is InChI=1S/C20H24FN3OS/c21-18-5-3-16(4-6-18)13-24-10-7-19(8-11-24)23-20(25)15-26-14-17-2-1-9-22-12-17/h1-6,9,12,19H,7-8,10-11,13-15H2,(H,23,25). The summed E-state index contributed by atoms with van der Waals surface area (Å²) < 4.78 is 13.0. The summed E-state index contributed by atoms with van der Waals surface area (Å²) in [5.74, 6) is 1.19. The van der Waals surface area contributed by atoms with E-state index < -0.39 is 0 Å². The Labute approximate surface area is 158 Å². The molecule has 0 atom stereocenters. The minimum Gasteiger partial charge on any atom is -0.353 e. The quantitative estimate of drug-likeness (QED) is 0.809. The van der Waals surface area contributed by atoms with E-state index in [0.29, 0.717) is 5.75 Å². The molecule has 138 valence electrons. The summed E-state index contributed by atoms with van der Waals surface area (Å²) in [4.78, 5) is 18.5. The molecule has 4 nitrogen and oxygen atoms in total. The Bertz CT molecular complexity index is 688. The number of hydrogen-bond acceptors (Lipinski definition) is 4.